The van der Waals surface area contributed by atoms with Gasteiger partial charge in [0.25, 0.3) is 0 Å². The van der Waals surface area contributed by atoms with Crippen LogP contribution >= 0.6 is 12.0 Å². The Bertz CT molecular complexity index is 243. The molecule has 2 aliphatic rings. The Morgan fingerprint density at radius 3 is 2.40 bits per heavy atom. The van der Waals surface area contributed by atoms with Gasteiger partial charge in [0.1, 0.15) is 0 Å². The first-order valence-corrected chi connectivity index (χ1v) is 6.96. The summed E-state index contributed by atoms with van der Waals surface area (Å²) in [5.74, 6) is 1.23. The summed E-state index contributed by atoms with van der Waals surface area (Å²) in [5, 5.41) is 0.924. The van der Waals surface area contributed by atoms with Crippen LogP contribution in [0.3, 0.4) is 0 Å². The Hall–Kier alpha value is 0.320. The third kappa shape index (κ3) is 2.08. The van der Waals surface area contributed by atoms with E-state index in [0.717, 1.165) is 0 Å². The van der Waals surface area contributed by atoms with Crippen LogP contribution in [-0.4, -0.2) is 31.8 Å². The quantitative estimate of drug-likeness (QED) is 0.423. The monoisotopic (exact) mass is 249 g/mol. The van der Waals surface area contributed by atoms with E-state index in [9.17, 15) is 0 Å². The van der Waals surface area contributed by atoms with Crippen molar-refractivity contribution < 1.29 is 12.5 Å². The molecule has 0 heterocycles. The zero-order valence-corrected chi connectivity index (χ0v) is 10.8. The predicted octanol–water partition coefficient (Wildman–Crippen LogP) is 1.97. The van der Waals surface area contributed by atoms with Crippen molar-refractivity contribution in [2.75, 3.05) is 21.3 Å². The number of allylic oxidation sites excluding steroid dienone is 2. The molecule has 2 rings (SSSR count). The molecule has 0 aliphatic heterocycles. The molecule has 0 N–H and O–H groups in total. The first-order chi connectivity index (χ1) is 7.31. The van der Waals surface area contributed by atoms with Crippen LogP contribution in [0.25, 0.3) is 0 Å². The summed E-state index contributed by atoms with van der Waals surface area (Å²) in [6.45, 7) is 0. The van der Waals surface area contributed by atoms with E-state index >= 15 is 0 Å². The standard InChI is InChI=1S/C10H17O3S2/c1-11-14-9-7-4-5-8(6-7)10(9)15(12-2)13-3/h4-5,7-10H,6H2,1-3H3/q+1. The van der Waals surface area contributed by atoms with Crippen molar-refractivity contribution in [2.45, 2.75) is 16.9 Å². The first-order valence-electron chi connectivity index (χ1n) is 5.01. The molecular weight excluding hydrogens is 232 g/mol. The Balaban J connectivity index is 2.10. The zero-order chi connectivity index (χ0) is 10.8. The molecule has 0 spiro atoms. The highest BCUT2D eigenvalue weighted by Gasteiger charge is 2.57. The van der Waals surface area contributed by atoms with Crippen LogP contribution in [0.5, 0.6) is 0 Å². The summed E-state index contributed by atoms with van der Waals surface area (Å²) in [5.41, 5.74) is 0. The largest absolute Gasteiger partial charge is 0.319 e. The normalized spacial score (nSPS) is 38.1. The minimum absolute atomic E-state index is 0.397. The maximum absolute atomic E-state index is 5.42. The van der Waals surface area contributed by atoms with Crippen molar-refractivity contribution >= 4 is 23.5 Å². The van der Waals surface area contributed by atoms with Gasteiger partial charge in [0.2, 0.25) is 5.25 Å². The van der Waals surface area contributed by atoms with Crippen LogP contribution in [0.1, 0.15) is 6.42 Å². The van der Waals surface area contributed by atoms with E-state index in [0.29, 0.717) is 22.3 Å². The molecule has 3 nitrogen and oxygen atoms in total. The molecule has 0 radical (unpaired) electrons. The molecular formula is C10H17O3S2+. The van der Waals surface area contributed by atoms with Crippen molar-refractivity contribution in [2.24, 2.45) is 11.8 Å². The molecule has 4 atom stereocenters. The van der Waals surface area contributed by atoms with Crippen molar-refractivity contribution in [1.82, 2.24) is 0 Å². The molecule has 0 aromatic heterocycles. The van der Waals surface area contributed by atoms with Crippen LogP contribution < -0.4 is 0 Å². The van der Waals surface area contributed by atoms with E-state index in [-0.39, 0.29) is 0 Å². The number of hydrogen-bond donors (Lipinski definition) is 0. The second-order valence-electron chi connectivity index (χ2n) is 3.73. The van der Waals surface area contributed by atoms with E-state index < -0.39 is 11.5 Å². The molecule has 1 saturated carbocycles. The van der Waals surface area contributed by atoms with E-state index in [1.165, 1.54) is 6.42 Å². The Morgan fingerprint density at radius 1 is 1.13 bits per heavy atom. The molecule has 1 fully saturated rings. The lowest BCUT2D eigenvalue weighted by Crippen LogP contribution is -2.37. The van der Waals surface area contributed by atoms with Gasteiger partial charge in [0, 0.05) is 18.0 Å². The minimum Gasteiger partial charge on any atom is -0.318 e. The molecule has 0 amide bonds. The summed E-state index contributed by atoms with van der Waals surface area (Å²) < 4.78 is 16.1. The van der Waals surface area contributed by atoms with Crippen LogP contribution in [0, 0.1) is 11.8 Å². The molecule has 86 valence electrons. The van der Waals surface area contributed by atoms with Gasteiger partial charge in [-0.3, -0.25) is 0 Å². The average Bonchev–Trinajstić information content (AvgIpc) is 2.83. The van der Waals surface area contributed by atoms with E-state index in [1.54, 1.807) is 33.4 Å². The van der Waals surface area contributed by atoms with Gasteiger partial charge in [-0.1, -0.05) is 12.2 Å². The SMILES string of the molecule is COSC1C2C=CC(C2)C1[S+](OC)OC. The van der Waals surface area contributed by atoms with Crippen LogP contribution in [0.2, 0.25) is 0 Å². The van der Waals surface area contributed by atoms with Gasteiger partial charge < -0.3 is 4.18 Å². The summed E-state index contributed by atoms with van der Waals surface area (Å²) in [4.78, 5) is 0. The summed E-state index contributed by atoms with van der Waals surface area (Å²) in [6.07, 6.45) is 5.84. The van der Waals surface area contributed by atoms with Crippen molar-refractivity contribution in [3.63, 3.8) is 0 Å². The molecule has 2 aliphatic carbocycles. The van der Waals surface area contributed by atoms with E-state index in [4.69, 9.17) is 12.5 Å². The topological polar surface area (TPSA) is 27.7 Å². The predicted molar refractivity (Wildman–Crippen MR) is 64.3 cm³/mol. The highest BCUT2D eigenvalue weighted by atomic mass is 32.2. The van der Waals surface area contributed by atoms with E-state index in [2.05, 4.69) is 12.2 Å². The lowest BCUT2D eigenvalue weighted by molar-refractivity contribution is 0.344. The molecule has 2 bridgehead atoms. The zero-order valence-electron chi connectivity index (χ0n) is 9.21. The van der Waals surface area contributed by atoms with Gasteiger partial charge in [0.15, 0.2) is 0 Å². The third-order valence-electron chi connectivity index (χ3n) is 3.08. The highest BCUT2D eigenvalue weighted by Crippen LogP contribution is 2.49. The van der Waals surface area contributed by atoms with E-state index in [1.807, 2.05) is 0 Å². The molecule has 4 unspecified atom stereocenters. The van der Waals surface area contributed by atoms with Gasteiger partial charge in [-0.05, 0) is 12.3 Å². The summed E-state index contributed by atoms with van der Waals surface area (Å²) in [7, 11) is 5.17. The van der Waals surface area contributed by atoms with Gasteiger partial charge in [-0.15, -0.1) is 8.37 Å². The lowest BCUT2D eigenvalue weighted by Gasteiger charge is -2.21. The average molecular weight is 249 g/mol. The van der Waals surface area contributed by atoms with Gasteiger partial charge >= 0.3 is 11.5 Å². The second kappa shape index (κ2) is 5.10. The molecule has 5 heteroatoms. The maximum Gasteiger partial charge on any atom is 0.319 e. The Kier molecular flexibility index (Phi) is 4.01. The van der Waals surface area contributed by atoms with Crippen molar-refractivity contribution in [1.29, 1.82) is 0 Å². The van der Waals surface area contributed by atoms with Crippen LogP contribution in [-0.2, 0) is 24.0 Å². The lowest BCUT2D eigenvalue weighted by atomic mass is 10.1. The molecule has 0 aromatic carbocycles. The second-order valence-corrected chi connectivity index (χ2v) is 6.54. The van der Waals surface area contributed by atoms with Crippen LogP contribution in [0.15, 0.2) is 12.2 Å². The van der Waals surface area contributed by atoms with Crippen molar-refractivity contribution in [3.8, 4) is 0 Å². The highest BCUT2D eigenvalue weighted by molar-refractivity contribution is 7.97. The van der Waals surface area contributed by atoms with Crippen molar-refractivity contribution in [3.05, 3.63) is 12.2 Å². The first kappa shape index (κ1) is 11.8. The molecule has 15 heavy (non-hydrogen) atoms. The Morgan fingerprint density at radius 2 is 1.80 bits per heavy atom. The van der Waals surface area contributed by atoms with Gasteiger partial charge in [-0.25, -0.2) is 0 Å². The minimum atomic E-state index is -0.397. The number of fused-ring (bicyclic) bond motifs is 2. The molecule has 0 aromatic rings. The fraction of sp³-hybridized carbons (Fsp3) is 0.800. The Labute approximate surface area is 98.5 Å². The van der Waals surface area contributed by atoms with Gasteiger partial charge in [0.05, 0.1) is 26.6 Å². The fourth-order valence-corrected chi connectivity index (χ4v) is 5.29. The fourth-order valence-electron chi connectivity index (χ4n) is 2.51. The van der Waals surface area contributed by atoms with Crippen LogP contribution in [0.4, 0.5) is 0 Å². The number of rotatable bonds is 5. The maximum atomic E-state index is 5.42. The van der Waals surface area contributed by atoms with Gasteiger partial charge in [-0.2, -0.15) is 0 Å². The number of hydrogen-bond acceptors (Lipinski definition) is 4. The summed E-state index contributed by atoms with van der Waals surface area (Å²) in [6, 6.07) is 0. The third-order valence-corrected chi connectivity index (χ3v) is 6.05. The summed E-state index contributed by atoms with van der Waals surface area (Å²) >= 11 is 1.17. The smallest absolute Gasteiger partial charge is 0.318 e. The molecule has 0 saturated heterocycles.